The first kappa shape index (κ1) is 30.3. The number of hydrogen-bond donors (Lipinski definition) is 2. The van der Waals surface area contributed by atoms with E-state index >= 15 is 0 Å². The third-order valence-corrected chi connectivity index (χ3v) is 6.03. The van der Waals surface area contributed by atoms with Gasteiger partial charge in [-0.3, -0.25) is 10.1 Å². The third kappa shape index (κ3) is 7.46. The summed E-state index contributed by atoms with van der Waals surface area (Å²) in [6, 6.07) is 13.4. The van der Waals surface area contributed by atoms with Crippen LogP contribution in [0.5, 0.6) is 5.75 Å². The molecule has 3 aromatic rings. The van der Waals surface area contributed by atoms with E-state index in [0.29, 0.717) is 22.6 Å². The number of hydrogen-bond acceptors (Lipinski definition) is 7. The number of halogens is 1. The number of carbonyl (C=O) groups is 2. The molecule has 1 heterocycles. The summed E-state index contributed by atoms with van der Waals surface area (Å²) in [5.41, 5.74) is 0.780. The minimum atomic E-state index is -0.854. The quantitative estimate of drug-likeness (QED) is 0.254. The lowest BCUT2D eigenvalue weighted by Crippen LogP contribution is -2.40. The van der Waals surface area contributed by atoms with Gasteiger partial charge in [0.25, 0.3) is 0 Å². The zero-order chi connectivity index (χ0) is 29.7. The van der Waals surface area contributed by atoms with E-state index in [1.165, 1.54) is 12.1 Å². The number of rotatable bonds is 10. The van der Waals surface area contributed by atoms with E-state index in [9.17, 15) is 14.0 Å². The van der Waals surface area contributed by atoms with Gasteiger partial charge in [0, 0.05) is 23.1 Å². The minimum absolute atomic E-state index is 0.0948. The molecular formula is C30H37FN4O5. The highest BCUT2D eigenvalue weighted by Gasteiger charge is 2.36. The Morgan fingerprint density at radius 2 is 1.65 bits per heavy atom. The second-order valence-corrected chi connectivity index (χ2v) is 10.9. The Hall–Kier alpha value is -4.21. The fraction of sp³-hybridized carbons (Fsp3) is 0.400. The van der Waals surface area contributed by atoms with E-state index in [1.807, 2.05) is 38.1 Å². The van der Waals surface area contributed by atoms with E-state index in [1.54, 1.807) is 51.6 Å². The van der Waals surface area contributed by atoms with E-state index < -0.39 is 34.6 Å². The molecule has 3 rings (SSSR count). The van der Waals surface area contributed by atoms with Crippen molar-refractivity contribution in [2.45, 2.75) is 59.1 Å². The molecule has 0 radical (unpaired) electrons. The van der Waals surface area contributed by atoms with Gasteiger partial charge in [-0.05, 0) is 69.7 Å². The van der Waals surface area contributed by atoms with Gasteiger partial charge in [0.1, 0.15) is 22.9 Å². The van der Waals surface area contributed by atoms with Gasteiger partial charge < -0.3 is 19.5 Å². The molecule has 0 aliphatic carbocycles. The first-order valence-corrected chi connectivity index (χ1v) is 13.0. The number of ether oxygens (including phenoxy) is 3. The Morgan fingerprint density at radius 3 is 2.20 bits per heavy atom. The van der Waals surface area contributed by atoms with Crippen molar-refractivity contribution in [3.05, 3.63) is 71.2 Å². The van der Waals surface area contributed by atoms with Gasteiger partial charge in [-0.25, -0.2) is 14.0 Å². The lowest BCUT2D eigenvalue weighted by Gasteiger charge is -2.28. The van der Waals surface area contributed by atoms with Crippen LogP contribution in [0.4, 0.5) is 9.18 Å². The predicted octanol–water partition coefficient (Wildman–Crippen LogP) is 5.48. The molecule has 0 saturated carbocycles. The second kappa shape index (κ2) is 12.3. The number of esters is 1. The van der Waals surface area contributed by atoms with Crippen molar-refractivity contribution in [1.29, 1.82) is 5.41 Å². The molecule has 2 N–H and O–H groups in total. The lowest BCUT2D eigenvalue weighted by molar-refractivity contribution is -0.135. The SMILES string of the molecule is CCOC(=O)C(=N)c1nn(Cc2ccc(OC)cc2)c(-c2ccc(F)cc2)c1C(C)(C)CNC(=O)OC(C)(C)C. The van der Waals surface area contributed by atoms with Gasteiger partial charge in [-0.1, -0.05) is 26.0 Å². The number of alkyl carbamates (subject to hydrolysis) is 1. The highest BCUT2D eigenvalue weighted by atomic mass is 19.1. The summed E-state index contributed by atoms with van der Waals surface area (Å²) in [7, 11) is 1.59. The molecule has 0 saturated heterocycles. The van der Waals surface area contributed by atoms with Gasteiger partial charge in [0.15, 0.2) is 5.71 Å². The van der Waals surface area contributed by atoms with Crippen molar-refractivity contribution < 1.29 is 28.2 Å². The molecule has 0 bridgehead atoms. The first-order chi connectivity index (χ1) is 18.8. The summed E-state index contributed by atoms with van der Waals surface area (Å²) in [5, 5.41) is 16.2. The predicted molar refractivity (Wildman–Crippen MR) is 150 cm³/mol. The van der Waals surface area contributed by atoms with Crippen molar-refractivity contribution in [3.63, 3.8) is 0 Å². The summed E-state index contributed by atoms with van der Waals surface area (Å²) in [6.07, 6.45) is -0.600. The van der Waals surface area contributed by atoms with Crippen LogP contribution in [-0.2, 0) is 26.2 Å². The van der Waals surface area contributed by atoms with Crippen LogP contribution in [-0.4, -0.2) is 53.4 Å². The molecule has 0 unspecified atom stereocenters. The summed E-state index contributed by atoms with van der Waals surface area (Å²) in [4.78, 5) is 25.2. The van der Waals surface area contributed by atoms with E-state index in [4.69, 9.17) is 24.7 Å². The highest BCUT2D eigenvalue weighted by Crippen LogP contribution is 2.37. The second-order valence-electron chi connectivity index (χ2n) is 10.9. The van der Waals surface area contributed by atoms with Crippen LogP contribution in [0, 0.1) is 11.2 Å². The zero-order valence-corrected chi connectivity index (χ0v) is 24.1. The monoisotopic (exact) mass is 552 g/mol. The maximum Gasteiger partial charge on any atom is 0.407 e. The molecule has 0 atom stereocenters. The van der Waals surface area contributed by atoms with Crippen molar-refractivity contribution >= 4 is 17.8 Å². The van der Waals surface area contributed by atoms with Gasteiger partial charge >= 0.3 is 12.1 Å². The number of benzene rings is 2. The molecule has 1 amide bonds. The van der Waals surface area contributed by atoms with Crippen molar-refractivity contribution in [2.75, 3.05) is 20.3 Å². The number of nitrogens with one attached hydrogen (secondary N) is 2. The molecule has 2 aromatic carbocycles. The Labute approximate surface area is 234 Å². The topological polar surface area (TPSA) is 116 Å². The molecule has 0 aliphatic heterocycles. The Balaban J connectivity index is 2.19. The summed E-state index contributed by atoms with van der Waals surface area (Å²) in [6.45, 7) is 11.2. The highest BCUT2D eigenvalue weighted by molar-refractivity contribution is 6.42. The molecular weight excluding hydrogens is 515 g/mol. The molecule has 0 aliphatic rings. The smallest absolute Gasteiger partial charge is 0.407 e. The fourth-order valence-corrected chi connectivity index (χ4v) is 4.19. The van der Waals surface area contributed by atoms with Gasteiger partial charge in [-0.2, -0.15) is 5.10 Å². The summed E-state index contributed by atoms with van der Waals surface area (Å²) in [5.74, 6) is -0.529. The van der Waals surface area contributed by atoms with Gasteiger partial charge in [0.2, 0.25) is 0 Å². The number of amides is 1. The van der Waals surface area contributed by atoms with Crippen molar-refractivity contribution in [1.82, 2.24) is 15.1 Å². The van der Waals surface area contributed by atoms with Crippen LogP contribution >= 0.6 is 0 Å². The van der Waals surface area contributed by atoms with Crippen molar-refractivity contribution in [3.8, 4) is 17.0 Å². The standard InChI is InChI=1S/C30H37FN4O5/c1-8-39-27(36)24(32)25-23(30(5,6)18-33-28(37)40-29(2,3)4)26(20-11-13-21(31)14-12-20)35(34-25)17-19-9-15-22(38-7)16-10-19/h9-16,32H,8,17-18H2,1-7H3,(H,33,37). The van der Waals surface area contributed by atoms with Crippen LogP contribution in [0.15, 0.2) is 48.5 Å². The van der Waals surface area contributed by atoms with Crippen molar-refractivity contribution in [2.24, 2.45) is 0 Å². The summed E-state index contributed by atoms with van der Waals surface area (Å²) < 4.78 is 31.4. The van der Waals surface area contributed by atoms with Crippen LogP contribution in [0.25, 0.3) is 11.3 Å². The molecule has 214 valence electrons. The first-order valence-electron chi connectivity index (χ1n) is 13.0. The maximum atomic E-state index is 13.9. The Bertz CT molecular complexity index is 1360. The average molecular weight is 553 g/mol. The van der Waals surface area contributed by atoms with Gasteiger partial charge in [0.05, 0.1) is 26.0 Å². The van der Waals surface area contributed by atoms with Crippen LogP contribution < -0.4 is 10.1 Å². The molecule has 0 spiro atoms. The Kier molecular flexibility index (Phi) is 9.34. The average Bonchev–Trinajstić information content (AvgIpc) is 3.27. The largest absolute Gasteiger partial charge is 0.497 e. The van der Waals surface area contributed by atoms with Crippen LogP contribution in [0.3, 0.4) is 0 Å². The number of carbonyl (C=O) groups excluding carboxylic acids is 2. The fourth-order valence-electron chi connectivity index (χ4n) is 4.19. The van der Waals surface area contributed by atoms with Gasteiger partial charge in [-0.15, -0.1) is 0 Å². The molecule has 40 heavy (non-hydrogen) atoms. The van der Waals surface area contributed by atoms with E-state index in [2.05, 4.69) is 5.32 Å². The van der Waals surface area contributed by atoms with E-state index in [-0.39, 0.29) is 25.4 Å². The number of methoxy groups -OCH3 is 1. The third-order valence-electron chi connectivity index (χ3n) is 6.03. The Morgan fingerprint density at radius 1 is 1.02 bits per heavy atom. The zero-order valence-electron chi connectivity index (χ0n) is 24.1. The lowest BCUT2D eigenvalue weighted by atomic mass is 9.80. The summed E-state index contributed by atoms with van der Waals surface area (Å²) >= 11 is 0. The van der Waals surface area contributed by atoms with Crippen LogP contribution in [0.1, 0.15) is 58.4 Å². The van der Waals surface area contributed by atoms with Crippen LogP contribution in [0.2, 0.25) is 0 Å². The molecule has 9 nitrogen and oxygen atoms in total. The normalized spacial score (nSPS) is 11.6. The maximum absolute atomic E-state index is 13.9. The minimum Gasteiger partial charge on any atom is -0.497 e. The number of nitrogens with zero attached hydrogens (tertiary/aromatic N) is 2. The van der Waals surface area contributed by atoms with E-state index in [0.717, 1.165) is 5.56 Å². The molecule has 10 heteroatoms. The molecule has 1 aromatic heterocycles. The number of aromatic nitrogens is 2. The molecule has 0 fully saturated rings.